The Balaban J connectivity index is 1.13. The van der Waals surface area contributed by atoms with E-state index in [2.05, 4.69) is 0 Å². The van der Waals surface area contributed by atoms with Crippen LogP contribution in [-0.2, 0) is 23.7 Å². The second-order valence-electron chi connectivity index (χ2n) is 12.5. The lowest BCUT2D eigenvalue weighted by Crippen LogP contribution is -2.65. The van der Waals surface area contributed by atoms with Crippen LogP contribution < -0.4 is 18.9 Å². The van der Waals surface area contributed by atoms with Gasteiger partial charge in [0.05, 0.1) is 60.0 Å². The summed E-state index contributed by atoms with van der Waals surface area (Å²) < 4.78 is 51.6. The Kier molecular flexibility index (Phi) is 11.1. The van der Waals surface area contributed by atoms with Gasteiger partial charge in [-0.15, -0.1) is 0 Å². The maximum atomic E-state index is 11.0. The van der Waals surface area contributed by atoms with Crippen molar-refractivity contribution in [3.8, 4) is 23.0 Å². The minimum Gasteiger partial charge on any atom is -0.493 e. The molecule has 2 aromatic rings. The van der Waals surface area contributed by atoms with Crippen molar-refractivity contribution in [1.82, 2.24) is 0 Å². The maximum absolute atomic E-state index is 11.0. The Morgan fingerprint density at radius 1 is 0.592 bits per heavy atom. The van der Waals surface area contributed by atoms with Crippen LogP contribution >= 0.6 is 0 Å². The van der Waals surface area contributed by atoms with Gasteiger partial charge in [-0.05, 0) is 35.4 Å². The lowest BCUT2D eigenvalue weighted by Gasteiger charge is -2.45. The molecule has 0 saturated carbocycles. The first-order chi connectivity index (χ1) is 23.6. The number of rotatable bonds is 11. The van der Waals surface area contributed by atoms with E-state index in [0.29, 0.717) is 30.5 Å². The molecular formula is C33H44O16. The van der Waals surface area contributed by atoms with Gasteiger partial charge in [0.25, 0.3) is 0 Å². The van der Waals surface area contributed by atoms with Gasteiger partial charge in [0.2, 0.25) is 6.29 Å². The molecule has 0 amide bonds. The predicted molar refractivity (Wildman–Crippen MR) is 164 cm³/mol. The average molecular weight is 697 g/mol. The van der Waals surface area contributed by atoms with E-state index in [1.54, 1.807) is 32.4 Å². The summed E-state index contributed by atoms with van der Waals surface area (Å²) in [6.45, 7) is -0.442. The molecule has 16 heteroatoms. The van der Waals surface area contributed by atoms with E-state index < -0.39 is 74.6 Å². The highest BCUT2D eigenvalue weighted by Crippen LogP contribution is 2.51. The van der Waals surface area contributed by atoms with Crippen LogP contribution in [0.3, 0.4) is 0 Å². The van der Waals surface area contributed by atoms with Crippen LogP contribution in [0.1, 0.15) is 23.3 Å². The van der Waals surface area contributed by atoms with Crippen LogP contribution in [0.5, 0.6) is 23.0 Å². The van der Waals surface area contributed by atoms with Gasteiger partial charge >= 0.3 is 0 Å². The van der Waals surface area contributed by atoms with E-state index in [4.69, 9.17) is 42.6 Å². The van der Waals surface area contributed by atoms with Gasteiger partial charge in [-0.25, -0.2) is 0 Å². The van der Waals surface area contributed by atoms with E-state index in [1.165, 1.54) is 7.11 Å². The highest BCUT2D eigenvalue weighted by Gasteiger charge is 2.52. The minimum atomic E-state index is -1.77. The fraction of sp³-hybridized carbons (Fsp3) is 0.636. The zero-order chi connectivity index (χ0) is 35.0. The summed E-state index contributed by atoms with van der Waals surface area (Å²) in [4.78, 5) is 0. The molecular weight excluding hydrogens is 652 g/mol. The second kappa shape index (κ2) is 15.2. The van der Waals surface area contributed by atoms with Crippen molar-refractivity contribution in [2.75, 3.05) is 47.8 Å². The first-order valence-corrected chi connectivity index (χ1v) is 16.0. The summed E-state index contributed by atoms with van der Waals surface area (Å²) in [5.74, 6) is 1.86. The summed E-state index contributed by atoms with van der Waals surface area (Å²) in [6.07, 6.45) is -16.2. The number of ether oxygens (including phenoxy) is 9. The number of methoxy groups -OCH3 is 3. The minimum absolute atomic E-state index is 0.0548. The Bertz CT molecular complexity index is 1410. The molecule has 4 aliphatic heterocycles. The highest BCUT2D eigenvalue weighted by atomic mass is 16.7. The van der Waals surface area contributed by atoms with Crippen molar-refractivity contribution in [1.29, 1.82) is 0 Å². The molecule has 4 fully saturated rings. The molecule has 49 heavy (non-hydrogen) atoms. The third-order valence-electron chi connectivity index (χ3n) is 9.72. The Morgan fingerprint density at radius 2 is 1.10 bits per heavy atom. The van der Waals surface area contributed by atoms with Crippen molar-refractivity contribution >= 4 is 0 Å². The van der Waals surface area contributed by atoms with Gasteiger partial charge in [-0.2, -0.15) is 0 Å². The van der Waals surface area contributed by atoms with E-state index in [0.717, 1.165) is 11.1 Å². The molecule has 4 heterocycles. The van der Waals surface area contributed by atoms with Crippen LogP contribution in [0, 0.1) is 11.8 Å². The van der Waals surface area contributed by atoms with Gasteiger partial charge in [-0.3, -0.25) is 0 Å². The van der Waals surface area contributed by atoms with Gasteiger partial charge in [0, 0.05) is 11.8 Å². The molecule has 0 radical (unpaired) electrons. The topological polar surface area (TPSA) is 225 Å². The molecule has 6 rings (SSSR count). The SMILES string of the molecule is COc1ccc([C@@H]2OC[C@@H]3[C@H]2CO[C@@H]3c2ccc(O[C@@H]3O[C@@H](CO)[C@@H](O[C@@H]4O[C@@H](CO)[C@@H](O)[C@@H](O)[C@H]4O)[C@@H](O)[C@H]3O)c(OC)c2)cc1OC. The standard InChI is InChI=1S/C33H44O16/c1-41-18-6-4-14(8-20(18)42-2)29-16-12-45-30(17(16)13-44-29)15-5-7-19(21(9-15)43-3)46-32-28(40)26(38)31(23(11-35)48-32)49-33-27(39)25(37)24(36)22(10-34)47-33/h4-9,16-17,22-40H,10-13H2,1-3H3/t16-,17-,22+,23+,24-,25-,26+,27-,28-,29+,30-,31-,32-,33+/m1/s1. The second-order valence-corrected chi connectivity index (χ2v) is 12.5. The zero-order valence-electron chi connectivity index (χ0n) is 27.2. The summed E-state index contributed by atoms with van der Waals surface area (Å²) in [7, 11) is 4.62. The summed E-state index contributed by atoms with van der Waals surface area (Å²) in [5, 5.41) is 72.0. The lowest BCUT2D eigenvalue weighted by molar-refractivity contribution is -0.352. The average Bonchev–Trinajstić information content (AvgIpc) is 3.74. The van der Waals surface area contributed by atoms with Crippen molar-refractivity contribution in [3.05, 3.63) is 47.5 Å². The molecule has 14 atom stereocenters. The lowest BCUT2D eigenvalue weighted by atomic mass is 9.85. The summed E-state index contributed by atoms with van der Waals surface area (Å²) in [6, 6.07) is 10.9. The number of fused-ring (bicyclic) bond motifs is 1. The summed E-state index contributed by atoms with van der Waals surface area (Å²) in [5.41, 5.74) is 1.78. The van der Waals surface area contributed by atoms with Crippen LogP contribution in [0.25, 0.3) is 0 Å². The largest absolute Gasteiger partial charge is 0.493 e. The maximum Gasteiger partial charge on any atom is 0.229 e. The van der Waals surface area contributed by atoms with Crippen molar-refractivity contribution in [2.24, 2.45) is 11.8 Å². The molecule has 0 unspecified atom stereocenters. The number of hydrogen-bond acceptors (Lipinski definition) is 16. The monoisotopic (exact) mass is 696 g/mol. The Labute approximate surface area is 282 Å². The van der Waals surface area contributed by atoms with Crippen LogP contribution in [0.2, 0.25) is 0 Å². The van der Waals surface area contributed by atoms with Gasteiger partial charge in [0.15, 0.2) is 29.3 Å². The molecule has 16 nitrogen and oxygen atoms in total. The van der Waals surface area contributed by atoms with Gasteiger partial charge in [0.1, 0.15) is 48.8 Å². The predicted octanol–water partition coefficient (Wildman–Crippen LogP) is -1.21. The first kappa shape index (κ1) is 36.0. The third kappa shape index (κ3) is 6.81. The molecule has 272 valence electrons. The number of hydrogen-bond donors (Lipinski definition) is 7. The molecule has 4 saturated heterocycles. The van der Waals surface area contributed by atoms with Crippen LogP contribution in [0.4, 0.5) is 0 Å². The fourth-order valence-electron chi connectivity index (χ4n) is 7.00. The molecule has 0 bridgehead atoms. The van der Waals surface area contributed by atoms with Crippen LogP contribution in [0.15, 0.2) is 36.4 Å². The van der Waals surface area contributed by atoms with Crippen LogP contribution in [-0.4, -0.2) is 145 Å². The van der Waals surface area contributed by atoms with Gasteiger partial charge in [-0.1, -0.05) is 12.1 Å². The normalized spacial score (nSPS) is 39.0. The Hall–Kier alpha value is -2.84. The van der Waals surface area contributed by atoms with E-state index in [9.17, 15) is 35.7 Å². The molecule has 4 aliphatic rings. The van der Waals surface area contributed by atoms with E-state index in [-0.39, 0.29) is 29.8 Å². The van der Waals surface area contributed by atoms with Crippen molar-refractivity contribution in [3.63, 3.8) is 0 Å². The van der Waals surface area contributed by atoms with E-state index in [1.807, 2.05) is 18.2 Å². The first-order valence-electron chi connectivity index (χ1n) is 16.0. The number of aliphatic hydroxyl groups is 7. The number of benzene rings is 2. The molecule has 0 aliphatic carbocycles. The number of aliphatic hydroxyl groups excluding tert-OH is 7. The van der Waals surface area contributed by atoms with E-state index >= 15 is 0 Å². The summed E-state index contributed by atoms with van der Waals surface area (Å²) >= 11 is 0. The molecule has 0 aromatic heterocycles. The zero-order valence-corrected chi connectivity index (χ0v) is 27.2. The van der Waals surface area contributed by atoms with Crippen molar-refractivity contribution in [2.45, 2.75) is 73.6 Å². The smallest absolute Gasteiger partial charge is 0.229 e. The van der Waals surface area contributed by atoms with Crippen molar-refractivity contribution < 1.29 is 78.4 Å². The highest BCUT2D eigenvalue weighted by molar-refractivity contribution is 5.45. The Morgan fingerprint density at radius 3 is 1.65 bits per heavy atom. The van der Waals surface area contributed by atoms with Gasteiger partial charge < -0.3 is 78.4 Å². The fourth-order valence-corrected chi connectivity index (χ4v) is 7.00. The molecule has 0 spiro atoms. The molecule has 2 aromatic carbocycles. The quantitative estimate of drug-likeness (QED) is 0.146. The third-order valence-corrected chi connectivity index (χ3v) is 9.72. The molecule has 7 N–H and O–H groups in total.